The van der Waals surface area contributed by atoms with Gasteiger partial charge in [-0.05, 0) is 41.8 Å². The smallest absolute Gasteiger partial charge is 0.228 e. The van der Waals surface area contributed by atoms with E-state index in [2.05, 4.69) is 6.07 Å². The van der Waals surface area contributed by atoms with Crippen LogP contribution in [0, 0.1) is 11.3 Å². The molecule has 0 saturated carbocycles. The van der Waals surface area contributed by atoms with Crippen LogP contribution in [0.2, 0.25) is 0 Å². The van der Waals surface area contributed by atoms with E-state index in [1.807, 2.05) is 24.3 Å². The van der Waals surface area contributed by atoms with Crippen LogP contribution in [0.3, 0.4) is 0 Å². The Hall–Kier alpha value is -2.75. The third-order valence-electron chi connectivity index (χ3n) is 6.69. The van der Waals surface area contributed by atoms with Gasteiger partial charge in [0.1, 0.15) is 42.0 Å². The van der Waals surface area contributed by atoms with Crippen LogP contribution in [-0.4, -0.2) is 85.0 Å². The second-order valence-corrected chi connectivity index (χ2v) is 8.88. The lowest BCUT2D eigenvalue weighted by molar-refractivity contribution is -0.366. The number of methoxy groups -OCH3 is 2. The van der Waals surface area contributed by atoms with E-state index in [0.29, 0.717) is 42.9 Å². The van der Waals surface area contributed by atoms with Gasteiger partial charge in [0, 0.05) is 13.5 Å². The lowest BCUT2D eigenvalue weighted by Gasteiger charge is -2.48. The van der Waals surface area contributed by atoms with Crippen molar-refractivity contribution in [2.24, 2.45) is 0 Å². The molecule has 2 aromatic rings. The number of hydrogen-bond donors (Lipinski definition) is 4. The average Bonchev–Trinajstić information content (AvgIpc) is 3.42. The Morgan fingerprint density at radius 1 is 1.11 bits per heavy atom. The molecule has 6 atom stereocenters. The third kappa shape index (κ3) is 4.92. The number of ether oxygens (including phenoxy) is 5. The minimum absolute atomic E-state index is 0.210. The zero-order chi connectivity index (χ0) is 25.9. The zero-order valence-electron chi connectivity index (χ0n) is 20.2. The first-order valence-corrected chi connectivity index (χ1v) is 11.7. The molecule has 0 aromatic heterocycles. The fraction of sp³-hybridized carbons (Fsp3) is 0.500. The van der Waals surface area contributed by atoms with Crippen LogP contribution >= 0.6 is 0 Å². The number of rotatable bonds is 8. The van der Waals surface area contributed by atoms with E-state index in [1.165, 1.54) is 7.11 Å². The van der Waals surface area contributed by atoms with Gasteiger partial charge in [-0.3, -0.25) is 0 Å². The van der Waals surface area contributed by atoms with E-state index in [1.54, 1.807) is 19.2 Å². The summed E-state index contributed by atoms with van der Waals surface area (Å²) in [5.74, 6) is -1.09. The SMILES string of the molecule is COc1ccc(Cc2cc([C@]3(OC)O[C@H](CO)[C@@H](O)[C@H](O)[C@H]3O)c(O[C@H]3CCOC3)cc2C#N)cc1. The highest BCUT2D eigenvalue weighted by Gasteiger charge is 2.56. The molecule has 0 spiro atoms. The van der Waals surface area contributed by atoms with Crippen molar-refractivity contribution in [3.63, 3.8) is 0 Å². The minimum Gasteiger partial charge on any atom is -0.497 e. The molecule has 36 heavy (non-hydrogen) atoms. The Kier molecular flexibility index (Phi) is 8.12. The van der Waals surface area contributed by atoms with E-state index in [9.17, 15) is 25.7 Å². The van der Waals surface area contributed by atoms with Gasteiger partial charge in [-0.2, -0.15) is 5.26 Å². The van der Waals surface area contributed by atoms with Crippen LogP contribution in [0.25, 0.3) is 0 Å². The first-order valence-electron chi connectivity index (χ1n) is 11.7. The van der Waals surface area contributed by atoms with Crippen molar-refractivity contribution in [2.45, 2.75) is 49.1 Å². The molecule has 10 nitrogen and oxygen atoms in total. The van der Waals surface area contributed by atoms with Crippen LogP contribution in [0.5, 0.6) is 11.5 Å². The average molecular weight is 502 g/mol. The van der Waals surface area contributed by atoms with Gasteiger partial charge in [-0.1, -0.05) is 12.1 Å². The van der Waals surface area contributed by atoms with Crippen molar-refractivity contribution in [1.82, 2.24) is 0 Å². The maximum Gasteiger partial charge on any atom is 0.228 e. The summed E-state index contributed by atoms with van der Waals surface area (Å²) < 4.78 is 28.4. The molecule has 10 heteroatoms. The van der Waals surface area contributed by atoms with Gasteiger partial charge in [0.25, 0.3) is 0 Å². The molecule has 2 heterocycles. The van der Waals surface area contributed by atoms with Gasteiger partial charge in [-0.15, -0.1) is 0 Å². The van der Waals surface area contributed by atoms with Crippen molar-refractivity contribution >= 4 is 0 Å². The first-order chi connectivity index (χ1) is 17.4. The fourth-order valence-corrected chi connectivity index (χ4v) is 4.64. The third-order valence-corrected chi connectivity index (χ3v) is 6.69. The van der Waals surface area contributed by atoms with Gasteiger partial charge in [0.05, 0.1) is 44.1 Å². The molecule has 4 N–H and O–H groups in total. The summed E-state index contributed by atoms with van der Waals surface area (Å²) in [5.41, 5.74) is 2.06. The monoisotopic (exact) mass is 501 g/mol. The highest BCUT2D eigenvalue weighted by molar-refractivity contribution is 5.52. The number of nitriles is 1. The molecule has 2 aromatic carbocycles. The molecule has 2 aliphatic rings. The number of benzene rings is 2. The zero-order valence-corrected chi connectivity index (χ0v) is 20.2. The van der Waals surface area contributed by atoms with E-state index in [-0.39, 0.29) is 17.4 Å². The summed E-state index contributed by atoms with van der Waals surface area (Å²) in [6.07, 6.45) is -5.52. The molecule has 0 unspecified atom stereocenters. The molecule has 4 rings (SSSR count). The van der Waals surface area contributed by atoms with Crippen LogP contribution in [-0.2, 0) is 26.4 Å². The number of aliphatic hydroxyl groups excluding tert-OH is 4. The lowest BCUT2D eigenvalue weighted by Crippen LogP contribution is -2.64. The normalized spacial score (nSPS) is 30.1. The van der Waals surface area contributed by atoms with Crippen molar-refractivity contribution in [3.05, 3.63) is 58.7 Å². The number of hydrogen-bond acceptors (Lipinski definition) is 10. The predicted octanol–water partition coefficient (Wildman–Crippen LogP) is 0.598. The van der Waals surface area contributed by atoms with Gasteiger partial charge >= 0.3 is 0 Å². The van der Waals surface area contributed by atoms with Gasteiger partial charge < -0.3 is 44.1 Å². The van der Waals surface area contributed by atoms with Crippen LogP contribution in [0.1, 0.15) is 28.7 Å². The van der Waals surface area contributed by atoms with Crippen molar-refractivity contribution in [3.8, 4) is 17.6 Å². The van der Waals surface area contributed by atoms with Crippen LogP contribution < -0.4 is 9.47 Å². The number of nitrogens with zero attached hydrogens (tertiary/aromatic N) is 1. The summed E-state index contributed by atoms with van der Waals surface area (Å²) in [7, 11) is 2.86. The Bertz CT molecular complexity index is 1080. The molecular formula is C26H31NO9. The Morgan fingerprint density at radius 3 is 2.44 bits per heavy atom. The highest BCUT2D eigenvalue weighted by Crippen LogP contribution is 2.44. The molecule has 0 radical (unpaired) electrons. The number of aliphatic hydroxyl groups is 4. The summed E-state index contributed by atoms with van der Waals surface area (Å²) in [6, 6.07) is 12.8. The molecule has 2 fully saturated rings. The molecule has 0 bridgehead atoms. The summed E-state index contributed by atoms with van der Waals surface area (Å²) in [5, 5.41) is 51.7. The van der Waals surface area contributed by atoms with Crippen molar-refractivity contribution in [1.29, 1.82) is 5.26 Å². The molecule has 2 aliphatic heterocycles. The molecule has 2 saturated heterocycles. The molecule has 0 aliphatic carbocycles. The summed E-state index contributed by atoms with van der Waals surface area (Å²) in [4.78, 5) is 0. The van der Waals surface area contributed by atoms with Crippen LogP contribution in [0.4, 0.5) is 0 Å². The topological polar surface area (TPSA) is 151 Å². The molecule has 0 amide bonds. The van der Waals surface area contributed by atoms with Gasteiger partial charge in [-0.25, -0.2) is 0 Å². The van der Waals surface area contributed by atoms with E-state index >= 15 is 0 Å². The lowest BCUT2D eigenvalue weighted by atomic mass is 9.85. The molecular weight excluding hydrogens is 470 g/mol. The minimum atomic E-state index is -2.00. The van der Waals surface area contributed by atoms with E-state index in [0.717, 1.165) is 5.56 Å². The fourth-order valence-electron chi connectivity index (χ4n) is 4.64. The summed E-state index contributed by atoms with van der Waals surface area (Å²) >= 11 is 0. The van der Waals surface area contributed by atoms with Crippen molar-refractivity contribution in [2.75, 3.05) is 34.0 Å². The molecule has 194 valence electrons. The quantitative estimate of drug-likeness (QED) is 0.405. The summed E-state index contributed by atoms with van der Waals surface area (Å²) in [6.45, 7) is 0.239. The second-order valence-electron chi connectivity index (χ2n) is 8.88. The van der Waals surface area contributed by atoms with Crippen LogP contribution in [0.15, 0.2) is 36.4 Å². The maximum atomic E-state index is 11.1. The van der Waals surface area contributed by atoms with E-state index in [4.69, 9.17) is 23.7 Å². The second kappa shape index (κ2) is 11.1. The van der Waals surface area contributed by atoms with Gasteiger partial charge in [0.15, 0.2) is 0 Å². The highest BCUT2D eigenvalue weighted by atomic mass is 16.7. The predicted molar refractivity (Wildman–Crippen MR) is 125 cm³/mol. The Balaban J connectivity index is 1.84. The largest absolute Gasteiger partial charge is 0.497 e. The maximum absolute atomic E-state index is 11.1. The Labute approximate surface area is 209 Å². The standard InChI is InChI=1S/C26H31NO9/c1-32-18-5-3-15(4-6-18)9-16-10-20(21(11-17(16)12-27)35-19-7-8-34-14-19)26(33-2)25(31)24(30)23(29)22(13-28)36-26/h3-6,10-11,19,22-25,28-31H,7-9,13-14H2,1-2H3/t19-,22+,23+,24-,25+,26-/m0/s1. The van der Waals surface area contributed by atoms with Crippen molar-refractivity contribution < 1.29 is 44.1 Å². The Morgan fingerprint density at radius 2 is 1.86 bits per heavy atom. The van der Waals surface area contributed by atoms with E-state index < -0.39 is 36.8 Å². The first kappa shape index (κ1) is 26.3. The van der Waals surface area contributed by atoms with Gasteiger partial charge in [0.2, 0.25) is 5.79 Å².